The van der Waals surface area contributed by atoms with Crippen LogP contribution in [0, 0.1) is 11.8 Å². The Bertz CT molecular complexity index is 1060. The Kier molecular flexibility index (Phi) is 11.4. The maximum Gasteiger partial charge on any atom is 0.264 e. The van der Waals surface area contributed by atoms with E-state index in [4.69, 9.17) is 5.73 Å². The van der Waals surface area contributed by atoms with Gasteiger partial charge in [-0.2, -0.15) is 0 Å². The standard InChI is InChI=1S/C27H40N6O6/c1-15(2)11-20(29-17(5)34)25(37)31-21-14-23(35)32-33(27(21)39)22(12-16(3)4)26(38)30-19(24(28)36)13-18-9-7-6-8-10-18/h6-10,15-16,19-22H,11-14H2,1-5H3,(H2,28,36)(H,29,34)(H,30,38)(H,31,37)(H,32,35)/t19-,20-,21+,22-/m0/s1. The number of primary amides is 1. The summed E-state index contributed by atoms with van der Waals surface area (Å²) in [6.45, 7) is 8.74. The van der Waals surface area contributed by atoms with Crippen molar-refractivity contribution < 1.29 is 28.8 Å². The lowest BCUT2D eigenvalue weighted by Gasteiger charge is -2.38. The summed E-state index contributed by atoms with van der Waals surface area (Å²) >= 11 is 0. The van der Waals surface area contributed by atoms with Crippen LogP contribution in [0.4, 0.5) is 0 Å². The Balaban J connectivity index is 2.25. The highest BCUT2D eigenvalue weighted by molar-refractivity contribution is 6.00. The van der Waals surface area contributed by atoms with Gasteiger partial charge in [-0.1, -0.05) is 58.0 Å². The SMILES string of the molecule is CC(=O)N[C@@H](CC(C)C)C(=O)N[C@@H]1CC(=O)NN([C@@H](CC(C)C)C(=O)N[C@@H](Cc2ccccc2)C(N)=O)C1=O. The highest BCUT2D eigenvalue weighted by Crippen LogP contribution is 2.17. The molecule has 0 aliphatic carbocycles. The number of nitrogens with two attached hydrogens (primary N) is 1. The van der Waals surface area contributed by atoms with Gasteiger partial charge in [0.1, 0.15) is 24.2 Å². The van der Waals surface area contributed by atoms with Gasteiger partial charge in [-0.25, -0.2) is 5.01 Å². The Labute approximate surface area is 228 Å². The van der Waals surface area contributed by atoms with Crippen LogP contribution in [0.15, 0.2) is 30.3 Å². The molecule has 0 aromatic heterocycles. The van der Waals surface area contributed by atoms with Crippen LogP contribution in [0.3, 0.4) is 0 Å². The normalized spacial score (nSPS) is 17.7. The van der Waals surface area contributed by atoms with E-state index in [2.05, 4.69) is 21.4 Å². The Morgan fingerprint density at radius 2 is 1.56 bits per heavy atom. The molecule has 12 heteroatoms. The van der Waals surface area contributed by atoms with Gasteiger partial charge in [-0.3, -0.25) is 34.2 Å². The first kappa shape index (κ1) is 31.3. The second-order valence-corrected chi connectivity index (χ2v) is 10.7. The summed E-state index contributed by atoms with van der Waals surface area (Å²) in [5, 5.41) is 8.69. The van der Waals surface area contributed by atoms with Crippen LogP contribution < -0.4 is 27.1 Å². The third-order valence-electron chi connectivity index (χ3n) is 6.14. The molecular weight excluding hydrogens is 504 g/mol. The first-order chi connectivity index (χ1) is 18.3. The van der Waals surface area contributed by atoms with E-state index < -0.39 is 59.6 Å². The van der Waals surface area contributed by atoms with E-state index in [1.165, 1.54) is 6.92 Å². The first-order valence-electron chi connectivity index (χ1n) is 13.1. The lowest BCUT2D eigenvalue weighted by atomic mass is 9.98. The van der Waals surface area contributed by atoms with Gasteiger partial charge in [-0.05, 0) is 30.2 Å². The lowest BCUT2D eigenvalue weighted by molar-refractivity contribution is -0.157. The Morgan fingerprint density at radius 1 is 0.949 bits per heavy atom. The lowest BCUT2D eigenvalue weighted by Crippen LogP contribution is -2.67. The van der Waals surface area contributed by atoms with Gasteiger partial charge in [-0.15, -0.1) is 0 Å². The summed E-state index contributed by atoms with van der Waals surface area (Å²) in [5.74, 6) is -3.68. The molecular formula is C27H40N6O6. The third-order valence-corrected chi connectivity index (χ3v) is 6.14. The molecule has 1 fully saturated rings. The molecule has 1 saturated heterocycles. The van der Waals surface area contributed by atoms with Crippen LogP contribution in [-0.2, 0) is 35.2 Å². The van der Waals surface area contributed by atoms with Gasteiger partial charge in [0.25, 0.3) is 5.91 Å². The van der Waals surface area contributed by atoms with Gasteiger partial charge >= 0.3 is 0 Å². The zero-order valence-corrected chi connectivity index (χ0v) is 23.2. The molecule has 6 amide bonds. The fourth-order valence-electron chi connectivity index (χ4n) is 4.36. The summed E-state index contributed by atoms with van der Waals surface area (Å²) < 4.78 is 0. The van der Waals surface area contributed by atoms with Crippen LogP contribution in [0.2, 0.25) is 0 Å². The highest BCUT2D eigenvalue weighted by Gasteiger charge is 2.42. The topological polar surface area (TPSA) is 180 Å². The van der Waals surface area contributed by atoms with Crippen LogP contribution in [0.1, 0.15) is 59.4 Å². The average Bonchev–Trinajstić information content (AvgIpc) is 2.83. The van der Waals surface area contributed by atoms with E-state index in [-0.39, 0.29) is 31.1 Å². The molecule has 214 valence electrons. The van der Waals surface area contributed by atoms with Crippen LogP contribution in [0.25, 0.3) is 0 Å². The van der Waals surface area contributed by atoms with Crippen LogP contribution >= 0.6 is 0 Å². The van der Waals surface area contributed by atoms with Gasteiger partial charge < -0.3 is 21.7 Å². The number of benzene rings is 1. The van der Waals surface area contributed by atoms with E-state index in [1.807, 2.05) is 33.8 Å². The molecule has 6 N–H and O–H groups in total. The Hall–Kier alpha value is -3.96. The second-order valence-electron chi connectivity index (χ2n) is 10.7. The van der Waals surface area contributed by atoms with E-state index >= 15 is 0 Å². The molecule has 12 nitrogen and oxygen atoms in total. The minimum atomic E-state index is -1.24. The number of amides is 6. The minimum absolute atomic E-state index is 0.0719. The minimum Gasteiger partial charge on any atom is -0.368 e. The zero-order valence-electron chi connectivity index (χ0n) is 23.2. The van der Waals surface area contributed by atoms with Crippen molar-refractivity contribution in [1.82, 2.24) is 26.4 Å². The van der Waals surface area contributed by atoms with Gasteiger partial charge in [0, 0.05) is 13.3 Å². The van der Waals surface area contributed by atoms with E-state index in [9.17, 15) is 28.8 Å². The number of hydrogen-bond donors (Lipinski definition) is 5. The van der Waals surface area contributed by atoms with Crippen molar-refractivity contribution >= 4 is 35.4 Å². The fourth-order valence-corrected chi connectivity index (χ4v) is 4.36. The summed E-state index contributed by atoms with van der Waals surface area (Å²) in [5.41, 5.74) is 8.78. The smallest absolute Gasteiger partial charge is 0.264 e. The predicted molar refractivity (Wildman–Crippen MR) is 143 cm³/mol. The number of carbonyl (C=O) groups excluding carboxylic acids is 6. The van der Waals surface area contributed by atoms with Crippen molar-refractivity contribution in [1.29, 1.82) is 0 Å². The molecule has 0 saturated carbocycles. The molecule has 2 rings (SSSR count). The van der Waals surface area contributed by atoms with Crippen molar-refractivity contribution in [3.63, 3.8) is 0 Å². The Morgan fingerprint density at radius 3 is 2.10 bits per heavy atom. The molecule has 1 aliphatic heterocycles. The summed E-state index contributed by atoms with van der Waals surface area (Å²) in [6.07, 6.45) is 0.312. The zero-order chi connectivity index (χ0) is 29.3. The molecule has 0 radical (unpaired) electrons. The van der Waals surface area contributed by atoms with Crippen molar-refractivity contribution in [2.75, 3.05) is 0 Å². The number of hydrogen-bond acceptors (Lipinski definition) is 6. The van der Waals surface area contributed by atoms with Gasteiger partial charge in [0.2, 0.25) is 29.5 Å². The average molecular weight is 545 g/mol. The van der Waals surface area contributed by atoms with E-state index in [0.717, 1.165) is 10.6 Å². The van der Waals surface area contributed by atoms with Gasteiger partial charge in [0.05, 0.1) is 6.42 Å². The molecule has 4 atom stereocenters. The van der Waals surface area contributed by atoms with Crippen LogP contribution in [0.5, 0.6) is 0 Å². The third kappa shape index (κ3) is 9.69. The molecule has 1 heterocycles. The number of hydrazine groups is 1. The van der Waals surface area contributed by atoms with Crippen molar-refractivity contribution in [2.45, 2.75) is 84.5 Å². The maximum absolute atomic E-state index is 13.4. The first-order valence-corrected chi connectivity index (χ1v) is 13.1. The highest BCUT2D eigenvalue weighted by atomic mass is 16.2. The molecule has 0 unspecified atom stereocenters. The van der Waals surface area contributed by atoms with E-state index in [1.54, 1.807) is 24.3 Å². The summed E-state index contributed by atoms with van der Waals surface area (Å²) in [6, 6.07) is 4.66. The number of nitrogens with zero attached hydrogens (tertiary/aromatic N) is 1. The van der Waals surface area contributed by atoms with E-state index in [0.29, 0.717) is 6.42 Å². The number of nitrogens with one attached hydrogen (secondary N) is 4. The second kappa shape index (κ2) is 14.3. The number of rotatable bonds is 13. The number of carbonyl (C=O) groups is 6. The largest absolute Gasteiger partial charge is 0.368 e. The summed E-state index contributed by atoms with van der Waals surface area (Å²) in [7, 11) is 0. The fraction of sp³-hybridized carbons (Fsp3) is 0.556. The van der Waals surface area contributed by atoms with Crippen LogP contribution in [-0.4, -0.2) is 64.6 Å². The predicted octanol–water partition coefficient (Wildman–Crippen LogP) is -0.0870. The molecule has 1 aliphatic rings. The van der Waals surface area contributed by atoms with Crippen molar-refractivity contribution in [2.24, 2.45) is 17.6 Å². The maximum atomic E-state index is 13.4. The van der Waals surface area contributed by atoms with Crippen molar-refractivity contribution in [3.05, 3.63) is 35.9 Å². The molecule has 1 aromatic rings. The molecule has 0 spiro atoms. The quantitative estimate of drug-likeness (QED) is 0.231. The monoisotopic (exact) mass is 544 g/mol. The van der Waals surface area contributed by atoms with Crippen molar-refractivity contribution in [3.8, 4) is 0 Å². The molecule has 0 bridgehead atoms. The summed E-state index contributed by atoms with van der Waals surface area (Å²) in [4.78, 5) is 76.2. The molecule has 39 heavy (non-hydrogen) atoms. The van der Waals surface area contributed by atoms with Gasteiger partial charge in [0.15, 0.2) is 0 Å². The molecule has 1 aromatic carbocycles.